The van der Waals surface area contributed by atoms with Crippen LogP contribution < -0.4 is 5.56 Å². The van der Waals surface area contributed by atoms with Gasteiger partial charge in [-0.05, 0) is 12.0 Å². The van der Waals surface area contributed by atoms with E-state index in [4.69, 9.17) is 0 Å². The molecular weight excluding hydrogens is 218 g/mol. The molecule has 3 heteroatoms. The zero-order valence-electron chi connectivity index (χ0n) is 7.23. The van der Waals surface area contributed by atoms with Gasteiger partial charge < -0.3 is 4.98 Å². The SMILES string of the molecule is CC(C)c1ccc(CBr)c(=O)[nH]1. The Bertz CT molecular complexity index is 317. The largest absolute Gasteiger partial charge is 0.326 e. The first-order valence-corrected chi connectivity index (χ1v) is 5.05. The van der Waals surface area contributed by atoms with Crippen molar-refractivity contribution in [3.05, 3.63) is 33.7 Å². The molecule has 0 saturated carbocycles. The number of hydrogen-bond acceptors (Lipinski definition) is 1. The van der Waals surface area contributed by atoms with Gasteiger partial charge in [-0.1, -0.05) is 35.8 Å². The average Bonchev–Trinajstić information content (AvgIpc) is 2.04. The second kappa shape index (κ2) is 3.90. The van der Waals surface area contributed by atoms with E-state index in [1.165, 1.54) is 0 Å². The number of H-pyrrole nitrogens is 1. The lowest BCUT2D eigenvalue weighted by atomic mass is 10.1. The number of aromatic nitrogens is 1. The molecule has 0 aliphatic rings. The Kier molecular flexibility index (Phi) is 3.09. The lowest BCUT2D eigenvalue weighted by Crippen LogP contribution is -2.13. The summed E-state index contributed by atoms with van der Waals surface area (Å²) >= 11 is 3.25. The maximum atomic E-state index is 11.3. The van der Waals surface area contributed by atoms with Crippen molar-refractivity contribution >= 4 is 15.9 Å². The van der Waals surface area contributed by atoms with Crippen LogP contribution in [0.25, 0.3) is 0 Å². The van der Waals surface area contributed by atoms with Crippen LogP contribution in [0, 0.1) is 0 Å². The second-order valence-electron chi connectivity index (χ2n) is 3.06. The maximum absolute atomic E-state index is 11.3. The molecule has 0 bridgehead atoms. The van der Waals surface area contributed by atoms with Gasteiger partial charge in [0.25, 0.3) is 5.56 Å². The van der Waals surface area contributed by atoms with Crippen LogP contribution in [0.3, 0.4) is 0 Å². The summed E-state index contributed by atoms with van der Waals surface area (Å²) in [6, 6.07) is 3.82. The van der Waals surface area contributed by atoms with Gasteiger partial charge in [-0.3, -0.25) is 4.79 Å². The molecule has 1 aromatic heterocycles. The molecule has 0 amide bonds. The minimum absolute atomic E-state index is 0.0121. The van der Waals surface area contributed by atoms with E-state index in [1.54, 1.807) is 0 Å². The van der Waals surface area contributed by atoms with E-state index >= 15 is 0 Å². The van der Waals surface area contributed by atoms with Crippen molar-refractivity contribution in [2.24, 2.45) is 0 Å². The molecule has 0 aliphatic carbocycles. The zero-order chi connectivity index (χ0) is 9.14. The summed E-state index contributed by atoms with van der Waals surface area (Å²) in [4.78, 5) is 14.1. The van der Waals surface area contributed by atoms with Crippen molar-refractivity contribution in [3.8, 4) is 0 Å². The Morgan fingerprint density at radius 2 is 2.17 bits per heavy atom. The number of pyridine rings is 1. The Morgan fingerprint density at radius 1 is 1.50 bits per heavy atom. The highest BCUT2D eigenvalue weighted by molar-refractivity contribution is 9.08. The van der Waals surface area contributed by atoms with Crippen LogP contribution in [0.4, 0.5) is 0 Å². The molecule has 1 rings (SSSR count). The molecule has 1 heterocycles. The van der Waals surface area contributed by atoms with E-state index in [0.717, 1.165) is 11.3 Å². The fourth-order valence-electron chi connectivity index (χ4n) is 0.961. The topological polar surface area (TPSA) is 32.9 Å². The van der Waals surface area contributed by atoms with Crippen molar-refractivity contribution in [2.45, 2.75) is 25.1 Å². The molecular formula is C9H12BrNO. The average molecular weight is 230 g/mol. The normalized spacial score (nSPS) is 10.7. The first kappa shape index (κ1) is 9.52. The van der Waals surface area contributed by atoms with Crippen LogP contribution >= 0.6 is 15.9 Å². The van der Waals surface area contributed by atoms with Gasteiger partial charge in [0.1, 0.15) is 0 Å². The van der Waals surface area contributed by atoms with Gasteiger partial charge in [-0.2, -0.15) is 0 Å². The van der Waals surface area contributed by atoms with Crippen molar-refractivity contribution < 1.29 is 0 Å². The van der Waals surface area contributed by atoms with Crippen molar-refractivity contribution in [1.82, 2.24) is 4.98 Å². The number of nitrogens with one attached hydrogen (secondary N) is 1. The minimum atomic E-state index is 0.0121. The molecule has 1 N–H and O–H groups in total. The number of halogens is 1. The Labute approximate surface area is 80.1 Å². The van der Waals surface area contributed by atoms with Crippen molar-refractivity contribution in [3.63, 3.8) is 0 Å². The third-order valence-electron chi connectivity index (χ3n) is 1.78. The Morgan fingerprint density at radius 3 is 2.58 bits per heavy atom. The second-order valence-corrected chi connectivity index (χ2v) is 3.62. The van der Waals surface area contributed by atoms with Crippen LogP contribution in [0.1, 0.15) is 31.0 Å². The van der Waals surface area contributed by atoms with Crippen LogP contribution in [0.15, 0.2) is 16.9 Å². The van der Waals surface area contributed by atoms with Gasteiger partial charge in [0.05, 0.1) is 0 Å². The molecule has 0 aromatic carbocycles. The summed E-state index contributed by atoms with van der Waals surface area (Å²) in [6.45, 7) is 4.11. The highest BCUT2D eigenvalue weighted by atomic mass is 79.9. The Hall–Kier alpha value is -0.570. The molecule has 0 fully saturated rings. The van der Waals surface area contributed by atoms with Gasteiger partial charge in [-0.15, -0.1) is 0 Å². The van der Waals surface area contributed by atoms with Gasteiger partial charge in [0, 0.05) is 16.6 Å². The smallest absolute Gasteiger partial charge is 0.252 e. The highest BCUT2D eigenvalue weighted by Gasteiger charge is 2.01. The van der Waals surface area contributed by atoms with Crippen LogP contribution in [-0.4, -0.2) is 4.98 Å². The van der Waals surface area contributed by atoms with E-state index in [0.29, 0.717) is 11.2 Å². The number of hydrogen-bond donors (Lipinski definition) is 1. The monoisotopic (exact) mass is 229 g/mol. The molecule has 0 aliphatic heterocycles. The van der Waals surface area contributed by atoms with Crippen LogP contribution in [0.5, 0.6) is 0 Å². The van der Waals surface area contributed by atoms with E-state index in [9.17, 15) is 4.79 Å². The van der Waals surface area contributed by atoms with Crippen LogP contribution in [-0.2, 0) is 5.33 Å². The number of aromatic amines is 1. The fraction of sp³-hybridized carbons (Fsp3) is 0.444. The Balaban J connectivity index is 3.11. The maximum Gasteiger partial charge on any atom is 0.252 e. The van der Waals surface area contributed by atoms with Gasteiger partial charge in [0.15, 0.2) is 0 Å². The quantitative estimate of drug-likeness (QED) is 0.777. The molecule has 0 spiro atoms. The fourth-order valence-corrected chi connectivity index (χ4v) is 1.40. The summed E-state index contributed by atoms with van der Waals surface area (Å²) in [5, 5.41) is 0.612. The molecule has 0 atom stereocenters. The lowest BCUT2D eigenvalue weighted by Gasteiger charge is -2.04. The molecule has 2 nitrogen and oxygen atoms in total. The third-order valence-corrected chi connectivity index (χ3v) is 2.38. The van der Waals surface area contributed by atoms with E-state index < -0.39 is 0 Å². The van der Waals surface area contributed by atoms with E-state index in [-0.39, 0.29) is 5.56 Å². The predicted octanol–water partition coefficient (Wildman–Crippen LogP) is 2.39. The first-order chi connectivity index (χ1) is 5.65. The number of rotatable bonds is 2. The summed E-state index contributed by atoms with van der Waals surface area (Å²) in [6.07, 6.45) is 0. The molecule has 0 radical (unpaired) electrons. The first-order valence-electron chi connectivity index (χ1n) is 3.93. The molecule has 1 aromatic rings. The van der Waals surface area contributed by atoms with E-state index in [1.807, 2.05) is 12.1 Å². The molecule has 66 valence electrons. The molecule has 12 heavy (non-hydrogen) atoms. The molecule has 0 unspecified atom stereocenters. The van der Waals surface area contributed by atoms with Crippen molar-refractivity contribution in [1.29, 1.82) is 0 Å². The third kappa shape index (κ3) is 1.97. The highest BCUT2D eigenvalue weighted by Crippen LogP contribution is 2.09. The standard InChI is InChI=1S/C9H12BrNO/c1-6(2)8-4-3-7(5-10)9(12)11-8/h3-4,6H,5H2,1-2H3,(H,11,12). The lowest BCUT2D eigenvalue weighted by molar-refractivity contribution is 0.813. The summed E-state index contributed by atoms with van der Waals surface area (Å²) in [5.74, 6) is 0.377. The number of alkyl halides is 1. The minimum Gasteiger partial charge on any atom is -0.326 e. The van der Waals surface area contributed by atoms with Gasteiger partial charge >= 0.3 is 0 Å². The summed E-state index contributed by atoms with van der Waals surface area (Å²) in [7, 11) is 0. The van der Waals surface area contributed by atoms with Crippen LogP contribution in [0.2, 0.25) is 0 Å². The summed E-state index contributed by atoms with van der Waals surface area (Å²) < 4.78 is 0. The van der Waals surface area contributed by atoms with E-state index in [2.05, 4.69) is 34.8 Å². The summed E-state index contributed by atoms with van der Waals surface area (Å²) in [5.41, 5.74) is 1.78. The molecule has 0 saturated heterocycles. The zero-order valence-corrected chi connectivity index (χ0v) is 8.81. The predicted molar refractivity (Wildman–Crippen MR) is 53.8 cm³/mol. The van der Waals surface area contributed by atoms with Gasteiger partial charge in [0.2, 0.25) is 0 Å². The van der Waals surface area contributed by atoms with Crippen molar-refractivity contribution in [2.75, 3.05) is 0 Å². The van der Waals surface area contributed by atoms with Gasteiger partial charge in [-0.25, -0.2) is 0 Å².